The molecule has 0 N–H and O–H groups in total. The van der Waals surface area contributed by atoms with Crippen molar-refractivity contribution < 1.29 is 13.2 Å². The fraction of sp³-hybridized carbons (Fsp3) is 0.130. The lowest BCUT2D eigenvalue weighted by Crippen LogP contribution is -2.30. The maximum absolute atomic E-state index is 13.4. The fourth-order valence-corrected chi connectivity index (χ4v) is 5.28. The monoisotopic (exact) mass is 468 g/mol. The minimum absolute atomic E-state index is 0.184. The van der Waals surface area contributed by atoms with Crippen molar-refractivity contribution in [1.82, 2.24) is 4.98 Å². The van der Waals surface area contributed by atoms with Gasteiger partial charge in [-0.15, -0.1) is 11.8 Å². The highest BCUT2D eigenvalue weighted by atomic mass is 32.2. The molecule has 1 aromatic heterocycles. The number of benzene rings is 3. The van der Waals surface area contributed by atoms with Gasteiger partial charge >= 0.3 is 0 Å². The first-order valence-electron chi connectivity index (χ1n) is 9.45. The van der Waals surface area contributed by atoms with Gasteiger partial charge in [-0.2, -0.15) is 0 Å². The number of thiazole rings is 1. The summed E-state index contributed by atoms with van der Waals surface area (Å²) in [6.07, 6.45) is 3.17. The van der Waals surface area contributed by atoms with Crippen LogP contribution in [-0.2, 0) is 16.4 Å². The first-order valence-corrected chi connectivity index (χ1v) is 13.4. The molecule has 1 heterocycles. The Labute approximate surface area is 189 Å². The van der Waals surface area contributed by atoms with Crippen molar-refractivity contribution in [3.8, 4) is 0 Å². The first kappa shape index (κ1) is 21.5. The second kappa shape index (κ2) is 8.82. The van der Waals surface area contributed by atoms with E-state index in [1.165, 1.54) is 23.5 Å². The van der Waals surface area contributed by atoms with Gasteiger partial charge in [-0.05, 0) is 54.3 Å². The van der Waals surface area contributed by atoms with Gasteiger partial charge in [-0.1, -0.05) is 41.7 Å². The van der Waals surface area contributed by atoms with Gasteiger partial charge in [0.05, 0.1) is 21.7 Å². The zero-order valence-corrected chi connectivity index (χ0v) is 19.4. The molecular weight excluding hydrogens is 448 g/mol. The van der Waals surface area contributed by atoms with Crippen molar-refractivity contribution >= 4 is 54.2 Å². The molecule has 1 amide bonds. The lowest BCUT2D eigenvalue weighted by molar-refractivity contribution is 0.0985. The van der Waals surface area contributed by atoms with Gasteiger partial charge in [-0.3, -0.25) is 9.69 Å². The molecule has 0 spiro atoms. The van der Waals surface area contributed by atoms with Crippen molar-refractivity contribution in [2.75, 3.05) is 17.4 Å². The van der Waals surface area contributed by atoms with Crippen LogP contribution in [0.1, 0.15) is 15.9 Å². The van der Waals surface area contributed by atoms with Crippen LogP contribution in [0.15, 0.2) is 82.6 Å². The van der Waals surface area contributed by atoms with E-state index in [9.17, 15) is 13.2 Å². The summed E-state index contributed by atoms with van der Waals surface area (Å²) in [4.78, 5) is 21.1. The Morgan fingerprint density at radius 1 is 1.03 bits per heavy atom. The minimum Gasteiger partial charge on any atom is -0.279 e. The molecule has 0 atom stereocenters. The summed E-state index contributed by atoms with van der Waals surface area (Å²) in [5, 5.41) is 0.606. The van der Waals surface area contributed by atoms with Crippen molar-refractivity contribution in [1.29, 1.82) is 0 Å². The molecule has 4 aromatic rings. The molecule has 0 saturated heterocycles. The van der Waals surface area contributed by atoms with Crippen molar-refractivity contribution in [2.24, 2.45) is 0 Å². The van der Waals surface area contributed by atoms with Crippen molar-refractivity contribution in [3.05, 3.63) is 83.9 Å². The SMILES string of the molecule is CSc1ccc2nc(N(Cc3ccccc3)C(=O)c3ccc(S(C)(=O)=O)cc3)sc2c1. The van der Waals surface area contributed by atoms with Gasteiger partial charge in [-0.25, -0.2) is 13.4 Å². The number of thioether (sulfide) groups is 1. The van der Waals surface area contributed by atoms with E-state index in [0.717, 1.165) is 26.9 Å². The van der Waals surface area contributed by atoms with Crippen LogP contribution >= 0.6 is 23.1 Å². The molecule has 0 unspecified atom stereocenters. The smallest absolute Gasteiger partial charge is 0.260 e. The molecule has 31 heavy (non-hydrogen) atoms. The summed E-state index contributed by atoms with van der Waals surface area (Å²) in [5.41, 5.74) is 2.23. The van der Waals surface area contributed by atoms with Gasteiger partial charge < -0.3 is 0 Å². The third-order valence-electron chi connectivity index (χ3n) is 4.77. The number of anilines is 1. The molecule has 3 aromatic carbocycles. The maximum Gasteiger partial charge on any atom is 0.260 e. The van der Waals surface area contributed by atoms with Gasteiger partial charge in [0.1, 0.15) is 0 Å². The summed E-state index contributed by atoms with van der Waals surface area (Å²) in [6.45, 7) is 0.364. The Morgan fingerprint density at radius 2 is 1.74 bits per heavy atom. The number of hydrogen-bond donors (Lipinski definition) is 0. The molecule has 0 aliphatic carbocycles. The fourth-order valence-electron chi connectivity index (χ4n) is 3.13. The van der Waals surface area contributed by atoms with Gasteiger partial charge in [0.15, 0.2) is 15.0 Å². The predicted octanol–water partition coefficient (Wildman–Crippen LogP) is 5.27. The normalized spacial score (nSPS) is 11.5. The van der Waals surface area contributed by atoms with Gasteiger partial charge in [0.2, 0.25) is 0 Å². The molecule has 158 valence electrons. The molecular formula is C23H20N2O3S3. The zero-order valence-electron chi connectivity index (χ0n) is 17.0. The predicted molar refractivity (Wildman–Crippen MR) is 128 cm³/mol. The Balaban J connectivity index is 1.74. The maximum atomic E-state index is 13.4. The zero-order chi connectivity index (χ0) is 22.0. The largest absolute Gasteiger partial charge is 0.279 e. The summed E-state index contributed by atoms with van der Waals surface area (Å²) >= 11 is 3.13. The number of rotatable bonds is 6. The molecule has 0 aliphatic rings. The third-order valence-corrected chi connectivity index (χ3v) is 7.67. The van der Waals surface area contributed by atoms with Gasteiger partial charge in [0, 0.05) is 16.7 Å². The molecule has 0 radical (unpaired) electrons. The van der Waals surface area contributed by atoms with Crippen LogP contribution in [0.5, 0.6) is 0 Å². The highest BCUT2D eigenvalue weighted by molar-refractivity contribution is 7.98. The average molecular weight is 469 g/mol. The van der Waals surface area contributed by atoms with Crippen LogP contribution < -0.4 is 4.90 Å². The molecule has 0 saturated carbocycles. The summed E-state index contributed by atoms with van der Waals surface area (Å²) in [7, 11) is -3.33. The van der Waals surface area contributed by atoms with E-state index in [2.05, 4.69) is 6.07 Å². The van der Waals surface area contributed by atoms with Crippen LogP contribution in [-0.4, -0.2) is 31.8 Å². The van der Waals surface area contributed by atoms with E-state index in [0.29, 0.717) is 17.2 Å². The van der Waals surface area contributed by atoms with Crippen molar-refractivity contribution in [3.63, 3.8) is 0 Å². The second-order valence-electron chi connectivity index (χ2n) is 7.00. The molecule has 4 rings (SSSR count). The number of sulfone groups is 1. The highest BCUT2D eigenvalue weighted by Crippen LogP contribution is 2.33. The topological polar surface area (TPSA) is 67.3 Å². The summed E-state index contributed by atoms with van der Waals surface area (Å²) in [6, 6.07) is 21.8. The summed E-state index contributed by atoms with van der Waals surface area (Å²) < 4.78 is 24.5. The van der Waals surface area contributed by atoms with E-state index in [4.69, 9.17) is 4.98 Å². The van der Waals surface area contributed by atoms with E-state index in [1.54, 1.807) is 28.8 Å². The number of fused-ring (bicyclic) bond motifs is 1. The van der Waals surface area contributed by atoms with E-state index < -0.39 is 9.84 Å². The highest BCUT2D eigenvalue weighted by Gasteiger charge is 2.22. The van der Waals surface area contributed by atoms with E-state index in [-0.39, 0.29) is 10.8 Å². The Morgan fingerprint density at radius 3 is 2.39 bits per heavy atom. The minimum atomic E-state index is -3.33. The molecule has 5 nitrogen and oxygen atoms in total. The number of nitrogens with zero attached hydrogens (tertiary/aromatic N) is 2. The Hall–Kier alpha value is -2.68. The van der Waals surface area contributed by atoms with Gasteiger partial charge in [0.25, 0.3) is 5.91 Å². The molecule has 0 fully saturated rings. The van der Waals surface area contributed by atoms with Crippen molar-refractivity contribution in [2.45, 2.75) is 16.3 Å². The van der Waals surface area contributed by atoms with Crippen LogP contribution in [0.4, 0.5) is 5.13 Å². The standard InChI is InChI=1S/C23H20N2O3S3/c1-29-18-10-13-20-21(14-18)30-23(24-20)25(15-16-6-4-3-5-7-16)22(26)17-8-11-19(12-9-17)31(2,27)28/h3-14H,15H2,1-2H3. The lowest BCUT2D eigenvalue weighted by Gasteiger charge is -2.20. The lowest BCUT2D eigenvalue weighted by atomic mass is 10.1. The van der Waals surface area contributed by atoms with Crippen LogP contribution in [0.25, 0.3) is 10.2 Å². The molecule has 0 aliphatic heterocycles. The number of amides is 1. The number of hydrogen-bond acceptors (Lipinski definition) is 6. The number of aromatic nitrogens is 1. The second-order valence-corrected chi connectivity index (χ2v) is 10.9. The quantitative estimate of drug-likeness (QED) is 0.361. The van der Waals surface area contributed by atoms with E-state index in [1.807, 2.05) is 48.7 Å². The molecule has 0 bridgehead atoms. The number of carbonyl (C=O) groups is 1. The van der Waals surface area contributed by atoms with Crippen LogP contribution in [0.3, 0.4) is 0 Å². The van der Waals surface area contributed by atoms with E-state index >= 15 is 0 Å². The average Bonchev–Trinajstić information content (AvgIpc) is 3.20. The molecule has 8 heteroatoms. The first-order chi connectivity index (χ1) is 14.8. The number of carbonyl (C=O) groups excluding carboxylic acids is 1. The summed E-state index contributed by atoms with van der Waals surface area (Å²) in [5.74, 6) is -0.229. The van der Waals surface area contributed by atoms with Crippen LogP contribution in [0, 0.1) is 0 Å². The Bertz CT molecular complexity index is 1330. The Kier molecular flexibility index (Phi) is 6.13. The third kappa shape index (κ3) is 4.81. The van der Waals surface area contributed by atoms with Crippen LogP contribution in [0.2, 0.25) is 0 Å².